The number of halogens is 1. The number of aliphatic hydroxyl groups is 1. The number of carboxylic acids is 1. The van der Waals surface area contributed by atoms with Crippen molar-refractivity contribution >= 4 is 34.2 Å². The van der Waals surface area contributed by atoms with Crippen LogP contribution in [0, 0.1) is 3.57 Å². The Morgan fingerprint density at radius 3 is 2.64 bits per heavy atom. The number of aliphatic carboxylic acids is 1. The molecule has 14 heavy (non-hydrogen) atoms. The largest absolute Gasteiger partial charge is 0.479 e. The Morgan fingerprint density at radius 2 is 2.21 bits per heavy atom. The second-order valence-corrected chi connectivity index (χ2v) is 3.79. The van der Waals surface area contributed by atoms with E-state index in [1.165, 1.54) is 6.07 Å². The fourth-order valence-electron chi connectivity index (χ4n) is 0.961. The molecule has 0 aliphatic heterocycles. The fourth-order valence-corrected chi connectivity index (χ4v) is 1.66. The van der Waals surface area contributed by atoms with Crippen LogP contribution in [0.5, 0.6) is 0 Å². The maximum absolute atomic E-state index is 10.5. The molecule has 0 radical (unpaired) electrons. The second-order valence-electron chi connectivity index (χ2n) is 2.62. The summed E-state index contributed by atoms with van der Waals surface area (Å²) in [5.74, 6) is 3.93. The van der Waals surface area contributed by atoms with Crippen LogP contribution >= 0.6 is 22.6 Å². The Kier molecular flexibility index (Phi) is 3.67. The molecule has 0 amide bonds. The minimum atomic E-state index is -1.49. The van der Waals surface area contributed by atoms with Gasteiger partial charge in [-0.2, -0.15) is 0 Å². The number of benzene rings is 1. The second kappa shape index (κ2) is 4.58. The van der Waals surface area contributed by atoms with Gasteiger partial charge in [0, 0.05) is 3.57 Å². The average Bonchev–Trinajstić information content (AvgIpc) is 2.16. The molecule has 0 heterocycles. The SMILES string of the molecule is NNc1ccc(C(O)C(=O)O)cc1I. The Labute approximate surface area is 94.0 Å². The Morgan fingerprint density at radius 1 is 1.57 bits per heavy atom. The molecule has 1 rings (SSSR count). The van der Waals surface area contributed by atoms with Crippen molar-refractivity contribution < 1.29 is 15.0 Å². The van der Waals surface area contributed by atoms with E-state index in [1.54, 1.807) is 12.1 Å². The lowest BCUT2D eigenvalue weighted by Crippen LogP contribution is -2.12. The van der Waals surface area contributed by atoms with Gasteiger partial charge in [0.05, 0.1) is 5.69 Å². The van der Waals surface area contributed by atoms with E-state index in [4.69, 9.17) is 10.9 Å². The molecule has 5 nitrogen and oxygen atoms in total. The van der Waals surface area contributed by atoms with E-state index < -0.39 is 12.1 Å². The number of carboxylic acid groups (broad SMARTS) is 1. The van der Waals surface area contributed by atoms with Crippen molar-refractivity contribution in [1.29, 1.82) is 0 Å². The number of hydrogen-bond donors (Lipinski definition) is 4. The Balaban J connectivity index is 3.02. The number of nitrogens with two attached hydrogens (primary N) is 1. The maximum Gasteiger partial charge on any atom is 0.337 e. The van der Waals surface area contributed by atoms with E-state index in [-0.39, 0.29) is 0 Å². The van der Waals surface area contributed by atoms with E-state index in [9.17, 15) is 9.90 Å². The topological polar surface area (TPSA) is 95.6 Å². The van der Waals surface area contributed by atoms with Gasteiger partial charge < -0.3 is 15.6 Å². The fraction of sp³-hybridized carbons (Fsp3) is 0.125. The molecule has 76 valence electrons. The van der Waals surface area contributed by atoms with Gasteiger partial charge in [-0.25, -0.2) is 4.79 Å². The van der Waals surface area contributed by atoms with Crippen LogP contribution in [-0.4, -0.2) is 16.2 Å². The predicted molar refractivity (Wildman–Crippen MR) is 59.6 cm³/mol. The molecule has 0 aromatic heterocycles. The van der Waals surface area contributed by atoms with Crippen molar-refractivity contribution in [3.8, 4) is 0 Å². The molecule has 5 N–H and O–H groups in total. The Bertz CT molecular complexity index is 356. The molecular weight excluding hydrogens is 299 g/mol. The van der Waals surface area contributed by atoms with Gasteiger partial charge in [0.1, 0.15) is 0 Å². The summed E-state index contributed by atoms with van der Waals surface area (Å²) >= 11 is 2.00. The summed E-state index contributed by atoms with van der Waals surface area (Å²) in [5.41, 5.74) is 3.48. The highest BCUT2D eigenvalue weighted by Gasteiger charge is 2.16. The molecule has 6 heteroatoms. The molecular formula is C8H9IN2O3. The number of anilines is 1. The number of aliphatic hydroxyl groups excluding tert-OH is 1. The van der Waals surface area contributed by atoms with Gasteiger partial charge in [-0.05, 0) is 40.3 Å². The third-order valence-corrected chi connectivity index (χ3v) is 2.59. The van der Waals surface area contributed by atoms with Gasteiger partial charge in [0.25, 0.3) is 0 Å². The lowest BCUT2D eigenvalue weighted by molar-refractivity contribution is -0.146. The van der Waals surface area contributed by atoms with Crippen LogP contribution in [0.25, 0.3) is 0 Å². The smallest absolute Gasteiger partial charge is 0.337 e. The minimum absolute atomic E-state index is 0.334. The van der Waals surface area contributed by atoms with E-state index >= 15 is 0 Å². The number of nitrogens with one attached hydrogen (secondary N) is 1. The van der Waals surface area contributed by atoms with Crippen LogP contribution in [0.15, 0.2) is 18.2 Å². The molecule has 0 saturated carbocycles. The number of rotatable bonds is 3. The van der Waals surface area contributed by atoms with Crippen LogP contribution < -0.4 is 11.3 Å². The van der Waals surface area contributed by atoms with Crippen molar-refractivity contribution in [2.24, 2.45) is 5.84 Å². The van der Waals surface area contributed by atoms with Crippen molar-refractivity contribution in [2.75, 3.05) is 5.43 Å². The molecule has 1 aromatic rings. The molecule has 0 aliphatic rings. The monoisotopic (exact) mass is 308 g/mol. The average molecular weight is 308 g/mol. The summed E-state index contributed by atoms with van der Waals surface area (Å²) in [7, 11) is 0. The van der Waals surface area contributed by atoms with E-state index in [1.807, 2.05) is 22.6 Å². The lowest BCUT2D eigenvalue weighted by atomic mass is 10.1. The van der Waals surface area contributed by atoms with Crippen molar-refractivity contribution in [2.45, 2.75) is 6.10 Å². The van der Waals surface area contributed by atoms with Gasteiger partial charge >= 0.3 is 5.97 Å². The van der Waals surface area contributed by atoms with Crippen LogP contribution in [0.2, 0.25) is 0 Å². The minimum Gasteiger partial charge on any atom is -0.479 e. The normalized spacial score (nSPS) is 12.2. The van der Waals surface area contributed by atoms with Gasteiger partial charge in [-0.15, -0.1) is 0 Å². The molecule has 0 saturated heterocycles. The van der Waals surface area contributed by atoms with E-state index in [0.717, 1.165) is 3.57 Å². The zero-order valence-electron chi connectivity index (χ0n) is 7.07. The quantitative estimate of drug-likeness (QED) is 0.374. The van der Waals surface area contributed by atoms with Gasteiger partial charge in [-0.1, -0.05) is 6.07 Å². The number of hydrogen-bond acceptors (Lipinski definition) is 4. The lowest BCUT2D eigenvalue weighted by Gasteiger charge is -2.08. The van der Waals surface area contributed by atoms with Crippen LogP contribution in [0.1, 0.15) is 11.7 Å². The van der Waals surface area contributed by atoms with Crippen LogP contribution in [0.3, 0.4) is 0 Å². The zero-order valence-corrected chi connectivity index (χ0v) is 9.22. The summed E-state index contributed by atoms with van der Waals surface area (Å²) in [6, 6.07) is 4.69. The Hall–Kier alpha value is -0.860. The van der Waals surface area contributed by atoms with Crippen molar-refractivity contribution in [3.05, 3.63) is 27.3 Å². The third kappa shape index (κ3) is 2.34. The molecule has 1 unspecified atom stereocenters. The van der Waals surface area contributed by atoms with Gasteiger partial charge in [-0.3, -0.25) is 5.84 Å². The number of hydrazine groups is 1. The van der Waals surface area contributed by atoms with E-state index in [0.29, 0.717) is 11.3 Å². The summed E-state index contributed by atoms with van der Waals surface area (Å²) in [6.45, 7) is 0. The summed E-state index contributed by atoms with van der Waals surface area (Å²) in [5, 5.41) is 17.8. The van der Waals surface area contributed by atoms with Gasteiger partial charge in [0.2, 0.25) is 0 Å². The predicted octanol–water partition coefficient (Wildman–Crippen LogP) is 0.695. The molecule has 1 atom stereocenters. The first-order chi connectivity index (χ1) is 6.56. The molecule has 0 bridgehead atoms. The molecule has 0 spiro atoms. The molecule has 1 aromatic carbocycles. The summed E-state index contributed by atoms with van der Waals surface area (Å²) < 4.78 is 0.753. The molecule has 0 aliphatic carbocycles. The maximum atomic E-state index is 10.5. The standard InChI is InChI=1S/C8H9IN2O3/c9-5-3-4(7(12)8(13)14)1-2-6(5)11-10/h1-3,7,11-12H,10H2,(H,13,14). The number of nitrogen functional groups attached to an aromatic ring is 1. The van der Waals surface area contributed by atoms with Crippen LogP contribution in [0.4, 0.5) is 5.69 Å². The first-order valence-corrected chi connectivity index (χ1v) is 4.81. The van der Waals surface area contributed by atoms with Crippen LogP contribution in [-0.2, 0) is 4.79 Å². The highest BCUT2D eigenvalue weighted by molar-refractivity contribution is 14.1. The first-order valence-electron chi connectivity index (χ1n) is 3.73. The first kappa shape index (κ1) is 11.2. The third-order valence-electron chi connectivity index (χ3n) is 1.70. The highest BCUT2D eigenvalue weighted by Crippen LogP contribution is 2.22. The van der Waals surface area contributed by atoms with Crippen molar-refractivity contribution in [3.63, 3.8) is 0 Å². The number of carbonyl (C=O) groups is 1. The summed E-state index contributed by atoms with van der Waals surface area (Å²) in [4.78, 5) is 10.5. The zero-order chi connectivity index (χ0) is 10.7. The highest BCUT2D eigenvalue weighted by atomic mass is 127. The summed E-state index contributed by atoms with van der Waals surface area (Å²) in [6.07, 6.45) is -1.49. The van der Waals surface area contributed by atoms with Gasteiger partial charge in [0.15, 0.2) is 6.10 Å². The van der Waals surface area contributed by atoms with E-state index in [2.05, 4.69) is 5.43 Å². The van der Waals surface area contributed by atoms with Crippen molar-refractivity contribution in [1.82, 2.24) is 0 Å². The molecule has 0 fully saturated rings.